The van der Waals surface area contributed by atoms with Crippen molar-refractivity contribution in [2.75, 3.05) is 0 Å². The van der Waals surface area contributed by atoms with Gasteiger partial charge in [-0.25, -0.2) is 4.39 Å². The van der Waals surface area contributed by atoms with E-state index in [-0.39, 0.29) is 5.82 Å². The van der Waals surface area contributed by atoms with Crippen LogP contribution in [0.1, 0.15) is 0 Å². The Kier molecular flexibility index (Phi) is 5.83. The van der Waals surface area contributed by atoms with E-state index in [4.69, 9.17) is 23.2 Å². The molecule has 0 radical (unpaired) electrons. The Balaban J connectivity index is 0.000000156. The van der Waals surface area contributed by atoms with E-state index in [0.717, 1.165) is 22.5 Å². The summed E-state index contributed by atoms with van der Waals surface area (Å²) in [5.41, 5.74) is 3.32. The second-order valence-electron chi connectivity index (χ2n) is 5.57. The Morgan fingerprint density at radius 2 is 1.26 bits per heavy atom. The molecule has 0 amide bonds. The zero-order chi connectivity index (χ0) is 19.4. The first-order valence-electron chi connectivity index (χ1n) is 7.86. The molecule has 0 saturated carbocycles. The summed E-state index contributed by atoms with van der Waals surface area (Å²) in [6.07, 6.45) is 3.33. The van der Waals surface area contributed by atoms with Gasteiger partial charge in [-0.3, -0.25) is 0 Å². The first-order chi connectivity index (χ1) is 12.9. The Bertz CT molecular complexity index is 1040. The van der Waals surface area contributed by atoms with E-state index < -0.39 is 0 Å². The van der Waals surface area contributed by atoms with Gasteiger partial charge in [0.15, 0.2) is 0 Å². The molecular formula is C18H15Cl2FN6. The number of benzene rings is 2. The number of aromatic nitrogens is 6. The van der Waals surface area contributed by atoms with Gasteiger partial charge in [-0.05, 0) is 36.4 Å². The minimum Gasteiger partial charge on any atom is -0.207 e. The van der Waals surface area contributed by atoms with Gasteiger partial charge in [-0.15, -0.1) is 0 Å². The first-order valence-corrected chi connectivity index (χ1v) is 8.62. The smallest absolute Gasteiger partial charge is 0.123 e. The molecule has 0 saturated heterocycles. The van der Waals surface area contributed by atoms with Gasteiger partial charge in [0.1, 0.15) is 17.2 Å². The molecular weight excluding hydrogens is 390 g/mol. The monoisotopic (exact) mass is 404 g/mol. The third kappa shape index (κ3) is 4.90. The predicted octanol–water partition coefficient (Wildman–Crippen LogP) is 4.41. The Morgan fingerprint density at radius 3 is 1.74 bits per heavy atom. The molecule has 9 heteroatoms. The lowest BCUT2D eigenvalue weighted by atomic mass is 10.2. The normalized spacial score (nSPS) is 10.4. The van der Waals surface area contributed by atoms with Gasteiger partial charge in [-0.2, -0.15) is 30.0 Å². The van der Waals surface area contributed by atoms with Crippen LogP contribution < -0.4 is 0 Å². The summed E-state index contributed by atoms with van der Waals surface area (Å²) >= 11 is 11.7. The van der Waals surface area contributed by atoms with Crippen LogP contribution in [0.2, 0.25) is 10.0 Å². The lowest BCUT2D eigenvalue weighted by molar-refractivity contribution is 0.628. The van der Waals surface area contributed by atoms with E-state index in [9.17, 15) is 4.39 Å². The van der Waals surface area contributed by atoms with Gasteiger partial charge in [0.05, 0.1) is 22.4 Å². The zero-order valence-corrected chi connectivity index (χ0v) is 16.0. The summed E-state index contributed by atoms with van der Waals surface area (Å²) in [6.45, 7) is 0. The third-order valence-electron chi connectivity index (χ3n) is 3.55. The molecule has 0 aliphatic rings. The highest BCUT2D eigenvalue weighted by Gasteiger charge is 2.04. The van der Waals surface area contributed by atoms with E-state index in [0.29, 0.717) is 10.0 Å². The molecule has 2 heterocycles. The van der Waals surface area contributed by atoms with Crippen molar-refractivity contribution < 1.29 is 4.39 Å². The van der Waals surface area contributed by atoms with E-state index in [1.54, 1.807) is 50.8 Å². The van der Waals surface area contributed by atoms with E-state index in [2.05, 4.69) is 20.4 Å². The summed E-state index contributed by atoms with van der Waals surface area (Å²) in [5.74, 6) is -0.243. The topological polar surface area (TPSA) is 61.4 Å². The maximum atomic E-state index is 12.6. The number of hydrogen-bond acceptors (Lipinski definition) is 4. The second-order valence-corrected chi connectivity index (χ2v) is 6.39. The van der Waals surface area contributed by atoms with E-state index in [1.807, 2.05) is 6.07 Å². The van der Waals surface area contributed by atoms with Crippen molar-refractivity contribution in [3.8, 4) is 22.5 Å². The van der Waals surface area contributed by atoms with Crippen molar-refractivity contribution >= 4 is 23.2 Å². The van der Waals surface area contributed by atoms with Gasteiger partial charge >= 0.3 is 0 Å². The molecule has 0 N–H and O–H groups in total. The zero-order valence-electron chi connectivity index (χ0n) is 14.5. The number of nitrogens with zero attached hydrogens (tertiary/aromatic N) is 6. The Hall–Kier alpha value is -2.77. The fourth-order valence-corrected chi connectivity index (χ4v) is 2.53. The maximum Gasteiger partial charge on any atom is 0.123 e. The first kappa shape index (κ1) is 19.0. The van der Waals surface area contributed by atoms with Crippen molar-refractivity contribution in [2.24, 2.45) is 14.1 Å². The molecule has 138 valence electrons. The van der Waals surface area contributed by atoms with Crippen molar-refractivity contribution in [3.63, 3.8) is 0 Å². The fourth-order valence-electron chi connectivity index (χ4n) is 2.23. The molecule has 4 rings (SSSR count). The molecule has 0 unspecified atom stereocenters. The van der Waals surface area contributed by atoms with Gasteiger partial charge in [0, 0.05) is 25.2 Å². The molecule has 2 aromatic heterocycles. The van der Waals surface area contributed by atoms with Crippen LogP contribution in [0.25, 0.3) is 22.5 Å². The van der Waals surface area contributed by atoms with Crippen LogP contribution in [-0.4, -0.2) is 30.0 Å². The van der Waals surface area contributed by atoms with Crippen LogP contribution in [0.3, 0.4) is 0 Å². The molecule has 0 aliphatic carbocycles. The van der Waals surface area contributed by atoms with Gasteiger partial charge in [0.25, 0.3) is 0 Å². The summed E-state index contributed by atoms with van der Waals surface area (Å²) < 4.78 is 12.6. The van der Waals surface area contributed by atoms with Crippen molar-refractivity contribution in [1.29, 1.82) is 0 Å². The summed E-state index contributed by atoms with van der Waals surface area (Å²) in [4.78, 5) is 2.97. The van der Waals surface area contributed by atoms with Crippen LogP contribution in [0.4, 0.5) is 4.39 Å². The number of halogens is 3. The van der Waals surface area contributed by atoms with Gasteiger partial charge in [0.2, 0.25) is 0 Å². The molecule has 0 fully saturated rings. The SMILES string of the molecule is Cn1ncc(-c2ccc(Cl)c(Cl)c2)n1.Cn1ncc(-c2ccc(F)cc2)n1. The average molecular weight is 405 g/mol. The van der Waals surface area contributed by atoms with E-state index >= 15 is 0 Å². The predicted molar refractivity (Wildman–Crippen MR) is 103 cm³/mol. The lowest BCUT2D eigenvalue weighted by Crippen LogP contribution is -1.91. The Morgan fingerprint density at radius 1 is 0.741 bits per heavy atom. The summed E-state index contributed by atoms with van der Waals surface area (Å²) in [6, 6.07) is 11.5. The number of hydrogen-bond donors (Lipinski definition) is 0. The fraction of sp³-hybridized carbons (Fsp3) is 0.111. The molecule has 2 aromatic carbocycles. The number of aryl methyl sites for hydroxylation is 2. The Labute approximate surface area is 165 Å². The number of rotatable bonds is 2. The van der Waals surface area contributed by atoms with Crippen molar-refractivity contribution in [3.05, 3.63) is 70.7 Å². The molecule has 27 heavy (non-hydrogen) atoms. The van der Waals surface area contributed by atoms with Gasteiger partial charge in [-0.1, -0.05) is 29.3 Å². The molecule has 0 atom stereocenters. The molecule has 6 nitrogen and oxygen atoms in total. The van der Waals surface area contributed by atoms with Gasteiger partial charge < -0.3 is 0 Å². The highest BCUT2D eigenvalue weighted by atomic mass is 35.5. The average Bonchev–Trinajstić information content (AvgIpc) is 3.27. The summed E-state index contributed by atoms with van der Waals surface area (Å²) in [5, 5.41) is 17.2. The summed E-state index contributed by atoms with van der Waals surface area (Å²) in [7, 11) is 3.51. The van der Waals surface area contributed by atoms with Crippen LogP contribution in [0.15, 0.2) is 54.9 Å². The van der Waals surface area contributed by atoms with Crippen LogP contribution >= 0.6 is 23.2 Å². The van der Waals surface area contributed by atoms with Crippen LogP contribution in [-0.2, 0) is 14.1 Å². The highest BCUT2D eigenvalue weighted by Crippen LogP contribution is 2.27. The van der Waals surface area contributed by atoms with Crippen molar-refractivity contribution in [2.45, 2.75) is 0 Å². The standard InChI is InChI=1S/C9H7Cl2N3.C9H8FN3/c1-14-12-5-9(13-14)6-2-3-7(10)8(11)4-6;1-13-11-6-9(12-13)7-2-4-8(10)5-3-7/h2-5H,1H3;2-6H,1H3. The lowest BCUT2D eigenvalue weighted by Gasteiger charge is -1.98. The molecule has 4 aromatic rings. The third-order valence-corrected chi connectivity index (χ3v) is 4.29. The molecule has 0 spiro atoms. The second kappa shape index (κ2) is 8.28. The van der Waals surface area contributed by atoms with Crippen LogP contribution in [0, 0.1) is 5.82 Å². The quantitative estimate of drug-likeness (QED) is 0.496. The maximum absolute atomic E-state index is 12.6. The van der Waals surface area contributed by atoms with Crippen LogP contribution in [0.5, 0.6) is 0 Å². The minimum absolute atomic E-state index is 0.243. The van der Waals surface area contributed by atoms with Crippen molar-refractivity contribution in [1.82, 2.24) is 30.0 Å². The molecule has 0 bridgehead atoms. The molecule has 0 aliphatic heterocycles. The minimum atomic E-state index is -0.243. The largest absolute Gasteiger partial charge is 0.207 e. The van der Waals surface area contributed by atoms with E-state index in [1.165, 1.54) is 21.7 Å². The highest BCUT2D eigenvalue weighted by molar-refractivity contribution is 6.42.